The second kappa shape index (κ2) is 12.1. The van der Waals surface area contributed by atoms with Crippen LogP contribution in [0, 0.1) is 0 Å². The van der Waals surface area contributed by atoms with Crippen LogP contribution in [0.25, 0.3) is 0 Å². The van der Waals surface area contributed by atoms with Gasteiger partial charge in [-0.2, -0.15) is 0 Å². The molecule has 0 saturated carbocycles. The minimum absolute atomic E-state index is 0. The number of halogens is 1. The van der Waals surface area contributed by atoms with E-state index in [1.165, 1.54) is 5.56 Å². The van der Waals surface area contributed by atoms with Crippen molar-refractivity contribution in [2.75, 3.05) is 63.2 Å². The molecule has 178 valence electrons. The first-order chi connectivity index (χ1) is 15.7. The number of nitrogens with one attached hydrogen (secondary N) is 1. The summed E-state index contributed by atoms with van der Waals surface area (Å²) in [5, 5.41) is 3.44. The molecule has 7 nitrogen and oxygen atoms in total. The van der Waals surface area contributed by atoms with Gasteiger partial charge in [-0.15, -0.1) is 24.0 Å². The summed E-state index contributed by atoms with van der Waals surface area (Å²) in [4.78, 5) is 23.7. The fourth-order valence-electron chi connectivity index (χ4n) is 4.55. The Balaban J connectivity index is 0.00000306. The molecule has 2 aromatic rings. The first kappa shape index (κ1) is 25.1. The molecule has 1 saturated heterocycles. The Morgan fingerprint density at radius 3 is 2.42 bits per heavy atom. The maximum absolute atomic E-state index is 12.7. The summed E-state index contributed by atoms with van der Waals surface area (Å²) < 4.78 is 5.51. The summed E-state index contributed by atoms with van der Waals surface area (Å²) >= 11 is 0. The SMILES string of the molecule is CN=C(NCCCC(=O)N1CCc2ccccc21)N1CCN(c2ccccc2OC)CC1.I. The van der Waals surface area contributed by atoms with Crippen LogP contribution in [0.3, 0.4) is 0 Å². The number of aliphatic imine (C=N–C) groups is 1. The highest BCUT2D eigenvalue weighted by atomic mass is 127. The van der Waals surface area contributed by atoms with Crippen LogP contribution in [0.5, 0.6) is 5.75 Å². The Labute approximate surface area is 213 Å². The summed E-state index contributed by atoms with van der Waals surface area (Å²) in [6.07, 6.45) is 2.28. The number of benzene rings is 2. The van der Waals surface area contributed by atoms with E-state index < -0.39 is 0 Å². The molecular weight excluding hydrogens is 529 g/mol. The third-order valence-corrected chi connectivity index (χ3v) is 6.26. The highest BCUT2D eigenvalue weighted by Gasteiger charge is 2.24. The van der Waals surface area contributed by atoms with Crippen molar-refractivity contribution in [1.82, 2.24) is 10.2 Å². The number of hydrogen-bond donors (Lipinski definition) is 1. The van der Waals surface area contributed by atoms with Gasteiger partial charge in [0.2, 0.25) is 5.91 Å². The van der Waals surface area contributed by atoms with Gasteiger partial charge in [0.15, 0.2) is 5.96 Å². The molecule has 1 N–H and O–H groups in total. The zero-order valence-corrected chi connectivity index (χ0v) is 21.8. The van der Waals surface area contributed by atoms with Gasteiger partial charge in [-0.05, 0) is 36.6 Å². The van der Waals surface area contributed by atoms with Crippen LogP contribution >= 0.6 is 24.0 Å². The molecule has 2 aromatic carbocycles. The van der Waals surface area contributed by atoms with E-state index in [2.05, 4.69) is 32.2 Å². The predicted molar refractivity (Wildman–Crippen MR) is 145 cm³/mol. The number of rotatable bonds is 6. The number of anilines is 2. The monoisotopic (exact) mass is 563 g/mol. The summed E-state index contributed by atoms with van der Waals surface area (Å²) in [5.41, 5.74) is 3.49. The molecule has 1 fully saturated rings. The Hall–Kier alpha value is -2.49. The third kappa shape index (κ3) is 5.90. The van der Waals surface area contributed by atoms with Gasteiger partial charge in [0.25, 0.3) is 0 Å². The van der Waals surface area contributed by atoms with Crippen LogP contribution in [-0.4, -0.2) is 70.2 Å². The second-order valence-corrected chi connectivity index (χ2v) is 8.15. The lowest BCUT2D eigenvalue weighted by atomic mass is 10.2. The number of para-hydroxylation sites is 3. The maximum Gasteiger partial charge on any atom is 0.227 e. The fraction of sp³-hybridized carbons (Fsp3) is 0.440. The molecule has 2 aliphatic rings. The number of piperazine rings is 1. The van der Waals surface area contributed by atoms with Crippen molar-refractivity contribution in [3.05, 3.63) is 54.1 Å². The zero-order valence-electron chi connectivity index (χ0n) is 19.5. The molecule has 0 atom stereocenters. The summed E-state index contributed by atoms with van der Waals surface area (Å²) in [7, 11) is 3.54. The molecule has 33 heavy (non-hydrogen) atoms. The highest BCUT2D eigenvalue weighted by Crippen LogP contribution is 2.29. The Bertz CT molecular complexity index is 959. The lowest BCUT2D eigenvalue weighted by Gasteiger charge is -2.38. The lowest BCUT2D eigenvalue weighted by Crippen LogP contribution is -2.52. The maximum atomic E-state index is 12.7. The third-order valence-electron chi connectivity index (χ3n) is 6.26. The van der Waals surface area contributed by atoms with Crippen LogP contribution in [0.2, 0.25) is 0 Å². The Morgan fingerprint density at radius 1 is 1.00 bits per heavy atom. The number of hydrogen-bond acceptors (Lipinski definition) is 4. The fourth-order valence-corrected chi connectivity index (χ4v) is 4.55. The molecule has 2 heterocycles. The Morgan fingerprint density at radius 2 is 1.70 bits per heavy atom. The summed E-state index contributed by atoms with van der Waals surface area (Å²) in [5.74, 6) is 2.02. The normalized spacial score (nSPS) is 15.7. The number of nitrogens with zero attached hydrogens (tertiary/aromatic N) is 4. The molecule has 0 aromatic heterocycles. The van der Waals surface area contributed by atoms with Gasteiger partial charge >= 0.3 is 0 Å². The minimum Gasteiger partial charge on any atom is -0.495 e. The number of carbonyl (C=O) groups excluding carboxylic acids is 1. The number of guanidine groups is 1. The molecule has 4 rings (SSSR count). The summed E-state index contributed by atoms with van der Waals surface area (Å²) in [6, 6.07) is 16.4. The molecule has 0 spiro atoms. The van der Waals surface area contributed by atoms with Gasteiger partial charge in [-0.3, -0.25) is 9.79 Å². The average Bonchev–Trinajstić information content (AvgIpc) is 3.28. The van der Waals surface area contributed by atoms with E-state index in [0.717, 1.165) is 75.2 Å². The molecule has 0 radical (unpaired) electrons. The molecule has 2 aliphatic heterocycles. The van der Waals surface area contributed by atoms with Gasteiger partial charge in [-0.25, -0.2) is 0 Å². The van der Waals surface area contributed by atoms with Crippen LogP contribution in [-0.2, 0) is 11.2 Å². The molecule has 0 bridgehead atoms. The number of fused-ring (bicyclic) bond motifs is 1. The van der Waals surface area contributed by atoms with E-state index in [1.54, 1.807) is 7.11 Å². The van der Waals surface area contributed by atoms with Crippen molar-refractivity contribution in [3.8, 4) is 5.75 Å². The number of methoxy groups -OCH3 is 1. The van der Waals surface area contributed by atoms with Crippen molar-refractivity contribution < 1.29 is 9.53 Å². The van der Waals surface area contributed by atoms with Crippen molar-refractivity contribution in [1.29, 1.82) is 0 Å². The van der Waals surface area contributed by atoms with Gasteiger partial charge < -0.3 is 24.8 Å². The van der Waals surface area contributed by atoms with E-state index in [1.807, 2.05) is 48.3 Å². The zero-order chi connectivity index (χ0) is 22.3. The minimum atomic E-state index is 0. The quantitative estimate of drug-likeness (QED) is 0.253. The molecule has 8 heteroatoms. The van der Waals surface area contributed by atoms with Crippen molar-refractivity contribution in [2.45, 2.75) is 19.3 Å². The molecule has 0 unspecified atom stereocenters. The molecular formula is C25H34IN5O2. The Kier molecular flexibility index (Phi) is 9.22. The van der Waals surface area contributed by atoms with E-state index in [9.17, 15) is 4.79 Å². The molecule has 1 amide bonds. The van der Waals surface area contributed by atoms with Crippen LogP contribution < -0.4 is 19.9 Å². The lowest BCUT2D eigenvalue weighted by molar-refractivity contribution is -0.118. The number of carbonyl (C=O) groups is 1. The molecule has 0 aliphatic carbocycles. The van der Waals surface area contributed by atoms with Gasteiger partial charge in [0, 0.05) is 58.4 Å². The van der Waals surface area contributed by atoms with E-state index in [0.29, 0.717) is 6.42 Å². The largest absolute Gasteiger partial charge is 0.495 e. The van der Waals surface area contributed by atoms with Gasteiger partial charge in [0.1, 0.15) is 5.75 Å². The topological polar surface area (TPSA) is 60.4 Å². The predicted octanol–water partition coefficient (Wildman–Crippen LogP) is 3.38. The average molecular weight is 563 g/mol. The summed E-state index contributed by atoms with van der Waals surface area (Å²) in [6.45, 7) is 5.13. The van der Waals surface area contributed by atoms with Gasteiger partial charge in [-0.1, -0.05) is 30.3 Å². The van der Waals surface area contributed by atoms with E-state index >= 15 is 0 Å². The number of amides is 1. The number of ether oxygens (including phenoxy) is 1. The van der Waals surface area contributed by atoms with Crippen molar-refractivity contribution >= 4 is 47.2 Å². The van der Waals surface area contributed by atoms with Gasteiger partial charge in [0.05, 0.1) is 12.8 Å². The van der Waals surface area contributed by atoms with Crippen molar-refractivity contribution in [3.63, 3.8) is 0 Å². The highest BCUT2D eigenvalue weighted by molar-refractivity contribution is 14.0. The van der Waals surface area contributed by atoms with Crippen LogP contribution in [0.4, 0.5) is 11.4 Å². The van der Waals surface area contributed by atoms with Crippen LogP contribution in [0.1, 0.15) is 18.4 Å². The first-order valence-electron chi connectivity index (χ1n) is 11.4. The standard InChI is InChI=1S/C25H33N5O2.HI/c1-26-25(29-18-16-28(17-19-29)22-10-5-6-11-23(22)32-2)27-14-7-12-24(31)30-15-13-20-8-3-4-9-21(20)30;/h3-6,8-11H,7,12-19H2,1-2H3,(H,26,27);1H. The smallest absolute Gasteiger partial charge is 0.227 e. The van der Waals surface area contributed by atoms with Crippen molar-refractivity contribution in [2.24, 2.45) is 4.99 Å². The van der Waals surface area contributed by atoms with E-state index in [4.69, 9.17) is 4.74 Å². The first-order valence-corrected chi connectivity index (χ1v) is 11.4. The second-order valence-electron chi connectivity index (χ2n) is 8.15. The van der Waals surface area contributed by atoms with E-state index in [-0.39, 0.29) is 29.9 Å². The van der Waals surface area contributed by atoms with Crippen LogP contribution in [0.15, 0.2) is 53.5 Å².